The molecular formula is C19H33N5O4. The summed E-state index contributed by atoms with van der Waals surface area (Å²) in [5.74, 6) is -0.153. The molecule has 0 aromatic carbocycles. The molecule has 2 saturated heterocycles. The van der Waals surface area contributed by atoms with Crippen molar-refractivity contribution in [2.75, 3.05) is 65.6 Å². The van der Waals surface area contributed by atoms with Crippen molar-refractivity contribution in [2.24, 2.45) is 0 Å². The Hall–Kier alpha value is -1.71. The van der Waals surface area contributed by atoms with Crippen molar-refractivity contribution in [3.63, 3.8) is 0 Å². The van der Waals surface area contributed by atoms with E-state index in [1.807, 2.05) is 9.80 Å². The van der Waals surface area contributed by atoms with E-state index in [1.54, 1.807) is 0 Å². The number of amides is 4. The van der Waals surface area contributed by atoms with Crippen LogP contribution in [0.5, 0.6) is 0 Å². The molecule has 1 saturated carbocycles. The van der Waals surface area contributed by atoms with Gasteiger partial charge in [0.2, 0.25) is 11.8 Å². The van der Waals surface area contributed by atoms with Crippen LogP contribution in [0.25, 0.3) is 0 Å². The number of piperazine rings is 1. The maximum Gasteiger partial charge on any atom is 0.321 e. The Bertz CT molecular complexity index is 538. The van der Waals surface area contributed by atoms with Crippen molar-refractivity contribution in [2.45, 2.75) is 38.1 Å². The molecule has 0 bridgehead atoms. The number of rotatable bonds is 5. The molecule has 0 unspecified atom stereocenters. The van der Waals surface area contributed by atoms with Crippen LogP contribution in [0.15, 0.2) is 0 Å². The summed E-state index contributed by atoms with van der Waals surface area (Å²) in [7, 11) is 0. The van der Waals surface area contributed by atoms with Gasteiger partial charge in [0.25, 0.3) is 0 Å². The molecule has 9 nitrogen and oxygen atoms in total. The SMILES string of the molecule is O=C(CN1CCN(C(=O)CN2CCOCC2)CC1)NC(=O)NC1CCCCC1. The lowest BCUT2D eigenvalue weighted by atomic mass is 9.96. The zero-order chi connectivity index (χ0) is 19.8. The van der Waals surface area contributed by atoms with Gasteiger partial charge in [0.05, 0.1) is 26.3 Å². The van der Waals surface area contributed by atoms with Crippen molar-refractivity contribution in [1.82, 2.24) is 25.3 Å². The Morgan fingerprint density at radius 3 is 2.14 bits per heavy atom. The van der Waals surface area contributed by atoms with Gasteiger partial charge in [-0.05, 0) is 12.8 Å². The number of nitrogens with zero attached hydrogens (tertiary/aromatic N) is 3. The van der Waals surface area contributed by atoms with E-state index < -0.39 is 6.03 Å². The van der Waals surface area contributed by atoms with E-state index in [9.17, 15) is 14.4 Å². The summed E-state index contributed by atoms with van der Waals surface area (Å²) in [5, 5.41) is 5.32. The molecule has 0 radical (unpaired) electrons. The van der Waals surface area contributed by atoms with Crippen LogP contribution in [-0.4, -0.2) is 104 Å². The van der Waals surface area contributed by atoms with Crippen LogP contribution in [0.1, 0.15) is 32.1 Å². The predicted octanol–water partition coefficient (Wildman–Crippen LogP) is -0.379. The number of nitrogens with one attached hydrogen (secondary N) is 2. The average molecular weight is 396 g/mol. The van der Waals surface area contributed by atoms with Gasteiger partial charge in [0.15, 0.2) is 0 Å². The monoisotopic (exact) mass is 395 g/mol. The normalized spacial score (nSPS) is 22.6. The summed E-state index contributed by atoms with van der Waals surface area (Å²) in [6.45, 7) is 6.11. The molecule has 2 heterocycles. The Labute approximate surface area is 166 Å². The van der Waals surface area contributed by atoms with Crippen LogP contribution in [0.4, 0.5) is 4.79 Å². The third-order valence-corrected chi connectivity index (χ3v) is 5.75. The van der Waals surface area contributed by atoms with Crippen molar-refractivity contribution in [3.05, 3.63) is 0 Å². The zero-order valence-corrected chi connectivity index (χ0v) is 16.7. The molecule has 1 aliphatic carbocycles. The van der Waals surface area contributed by atoms with Gasteiger partial charge in [-0.15, -0.1) is 0 Å². The minimum atomic E-state index is -0.392. The minimum Gasteiger partial charge on any atom is -0.379 e. The third-order valence-electron chi connectivity index (χ3n) is 5.75. The van der Waals surface area contributed by atoms with E-state index in [1.165, 1.54) is 6.42 Å². The molecular weight excluding hydrogens is 362 g/mol. The highest BCUT2D eigenvalue weighted by molar-refractivity contribution is 5.95. The van der Waals surface area contributed by atoms with Crippen LogP contribution < -0.4 is 10.6 Å². The van der Waals surface area contributed by atoms with E-state index in [0.717, 1.165) is 38.8 Å². The number of imide groups is 1. The topological polar surface area (TPSA) is 94.2 Å². The predicted molar refractivity (Wildman–Crippen MR) is 104 cm³/mol. The maximum atomic E-state index is 12.4. The van der Waals surface area contributed by atoms with Crippen molar-refractivity contribution in [1.29, 1.82) is 0 Å². The van der Waals surface area contributed by atoms with Gasteiger partial charge < -0.3 is 15.0 Å². The molecule has 2 aliphatic heterocycles. The maximum absolute atomic E-state index is 12.4. The molecule has 158 valence electrons. The van der Waals surface area contributed by atoms with Gasteiger partial charge in [-0.3, -0.25) is 24.7 Å². The van der Waals surface area contributed by atoms with E-state index in [4.69, 9.17) is 4.74 Å². The molecule has 2 N–H and O–H groups in total. The summed E-state index contributed by atoms with van der Waals surface area (Å²) in [4.78, 5) is 42.5. The van der Waals surface area contributed by atoms with Gasteiger partial charge in [0.1, 0.15) is 0 Å². The fraction of sp³-hybridized carbons (Fsp3) is 0.842. The number of hydrogen-bond donors (Lipinski definition) is 2. The molecule has 28 heavy (non-hydrogen) atoms. The number of morpholine rings is 1. The van der Waals surface area contributed by atoms with E-state index in [0.29, 0.717) is 45.9 Å². The van der Waals surface area contributed by atoms with Crippen molar-refractivity contribution >= 4 is 17.8 Å². The Kier molecular flexibility index (Phi) is 8.05. The Balaban J connectivity index is 1.31. The second-order valence-electron chi connectivity index (χ2n) is 7.90. The van der Waals surface area contributed by atoms with Crippen LogP contribution in [0.3, 0.4) is 0 Å². The van der Waals surface area contributed by atoms with Crippen LogP contribution in [0.2, 0.25) is 0 Å². The van der Waals surface area contributed by atoms with Crippen LogP contribution in [-0.2, 0) is 14.3 Å². The lowest BCUT2D eigenvalue weighted by Crippen LogP contribution is -2.54. The van der Waals surface area contributed by atoms with Gasteiger partial charge in [-0.2, -0.15) is 0 Å². The quantitative estimate of drug-likeness (QED) is 0.659. The molecule has 0 spiro atoms. The summed E-state index contributed by atoms with van der Waals surface area (Å²) < 4.78 is 5.31. The second kappa shape index (κ2) is 10.7. The summed E-state index contributed by atoms with van der Waals surface area (Å²) in [6, 6.07) is -0.209. The lowest BCUT2D eigenvalue weighted by Gasteiger charge is -2.36. The highest BCUT2D eigenvalue weighted by Crippen LogP contribution is 2.17. The fourth-order valence-corrected chi connectivity index (χ4v) is 4.04. The first-order valence-corrected chi connectivity index (χ1v) is 10.5. The van der Waals surface area contributed by atoms with Gasteiger partial charge >= 0.3 is 6.03 Å². The smallest absolute Gasteiger partial charge is 0.321 e. The first-order chi connectivity index (χ1) is 13.6. The molecule has 3 rings (SSSR count). The molecule has 3 fully saturated rings. The van der Waals surface area contributed by atoms with Crippen LogP contribution in [0, 0.1) is 0 Å². The van der Waals surface area contributed by atoms with Crippen molar-refractivity contribution in [3.8, 4) is 0 Å². The zero-order valence-electron chi connectivity index (χ0n) is 16.7. The highest BCUT2D eigenvalue weighted by Gasteiger charge is 2.25. The summed E-state index contributed by atoms with van der Waals surface area (Å²) in [5.41, 5.74) is 0. The van der Waals surface area contributed by atoms with Crippen LogP contribution >= 0.6 is 0 Å². The van der Waals surface area contributed by atoms with Crippen molar-refractivity contribution < 1.29 is 19.1 Å². The van der Waals surface area contributed by atoms with E-state index in [2.05, 4.69) is 15.5 Å². The standard InChI is InChI=1S/C19H33N5O4/c25-17(21-19(27)20-16-4-2-1-3-5-16)14-22-6-8-24(9-7-22)18(26)15-23-10-12-28-13-11-23/h16H,1-15H2,(H2,20,21,25,27). The molecule has 9 heteroatoms. The van der Waals surface area contributed by atoms with Gasteiger partial charge in [0, 0.05) is 45.3 Å². The summed E-state index contributed by atoms with van der Waals surface area (Å²) in [6.07, 6.45) is 5.46. The minimum absolute atomic E-state index is 0.137. The number of carbonyl (C=O) groups excluding carboxylic acids is 3. The highest BCUT2D eigenvalue weighted by atomic mass is 16.5. The van der Waals surface area contributed by atoms with Gasteiger partial charge in [-0.25, -0.2) is 4.79 Å². The number of carbonyl (C=O) groups is 3. The van der Waals surface area contributed by atoms with Gasteiger partial charge in [-0.1, -0.05) is 19.3 Å². The summed E-state index contributed by atoms with van der Waals surface area (Å²) >= 11 is 0. The second-order valence-corrected chi connectivity index (χ2v) is 7.90. The first-order valence-electron chi connectivity index (χ1n) is 10.5. The molecule has 4 amide bonds. The lowest BCUT2D eigenvalue weighted by molar-refractivity contribution is -0.135. The number of urea groups is 1. The molecule has 0 aromatic heterocycles. The van der Waals surface area contributed by atoms with E-state index >= 15 is 0 Å². The molecule has 0 aromatic rings. The average Bonchev–Trinajstić information content (AvgIpc) is 2.70. The Morgan fingerprint density at radius 2 is 1.46 bits per heavy atom. The number of hydrogen-bond acceptors (Lipinski definition) is 6. The fourth-order valence-electron chi connectivity index (χ4n) is 4.04. The number of ether oxygens (including phenoxy) is 1. The van der Waals surface area contributed by atoms with E-state index in [-0.39, 0.29) is 24.4 Å². The largest absolute Gasteiger partial charge is 0.379 e. The molecule has 3 aliphatic rings. The Morgan fingerprint density at radius 1 is 0.821 bits per heavy atom. The first kappa shape index (κ1) is 21.0. The molecule has 0 atom stereocenters. The third kappa shape index (κ3) is 6.72.